The molecule has 3 N–H and O–H groups in total. The molecular weight excluding hydrogens is 250 g/mol. The maximum atomic E-state index is 11.7. The second-order valence-electron chi connectivity index (χ2n) is 4.37. The third-order valence-corrected chi connectivity index (χ3v) is 2.68. The van der Waals surface area contributed by atoms with Gasteiger partial charge in [0.25, 0.3) is 11.7 Å². The molecule has 1 aliphatic carbocycles. The molecule has 2 aromatic heterocycles. The maximum Gasteiger partial charge on any atom is 0.292 e. The number of nitrogens with two attached hydrogens (primary N) is 1. The van der Waals surface area contributed by atoms with E-state index in [2.05, 4.69) is 25.8 Å². The summed E-state index contributed by atoms with van der Waals surface area (Å²) in [6.45, 7) is 0.579. The molecule has 0 aliphatic heterocycles. The number of carbonyl (C=O) groups is 1. The molecule has 0 radical (unpaired) electrons. The molecule has 0 spiro atoms. The Morgan fingerprint density at radius 2 is 2.42 bits per heavy atom. The molecule has 3 rings (SSSR count). The smallest absolute Gasteiger partial charge is 0.292 e. The van der Waals surface area contributed by atoms with E-state index in [0.29, 0.717) is 18.1 Å². The van der Waals surface area contributed by atoms with E-state index in [0.717, 1.165) is 12.8 Å². The minimum atomic E-state index is -0.307. The molecule has 2 aromatic rings. The van der Waals surface area contributed by atoms with Gasteiger partial charge in [-0.1, -0.05) is 10.4 Å². The first-order valence-electron chi connectivity index (χ1n) is 5.97. The first-order valence-corrected chi connectivity index (χ1v) is 5.97. The number of aromatic nitrogens is 5. The fourth-order valence-electron chi connectivity index (χ4n) is 1.54. The van der Waals surface area contributed by atoms with Gasteiger partial charge in [-0.3, -0.25) is 4.79 Å². The van der Waals surface area contributed by atoms with Crippen LogP contribution in [0.5, 0.6) is 0 Å². The highest BCUT2D eigenvalue weighted by atomic mass is 16.5. The Hall–Kier alpha value is -2.29. The van der Waals surface area contributed by atoms with Crippen LogP contribution < -0.4 is 11.1 Å². The number of amides is 1. The summed E-state index contributed by atoms with van der Waals surface area (Å²) >= 11 is 0. The van der Waals surface area contributed by atoms with Gasteiger partial charge in [0.2, 0.25) is 5.89 Å². The Balaban J connectivity index is 1.65. The molecule has 0 aromatic carbocycles. The minimum absolute atomic E-state index is 0.0427. The fraction of sp³-hybridized carbons (Fsp3) is 0.500. The van der Waals surface area contributed by atoms with Gasteiger partial charge in [-0.15, -0.1) is 5.10 Å². The van der Waals surface area contributed by atoms with Crippen LogP contribution in [0.2, 0.25) is 0 Å². The lowest BCUT2D eigenvalue weighted by Gasteiger charge is -1.95. The summed E-state index contributed by atoms with van der Waals surface area (Å²) in [4.78, 5) is 15.7. The van der Waals surface area contributed by atoms with Gasteiger partial charge in [-0.25, -0.2) is 4.68 Å². The summed E-state index contributed by atoms with van der Waals surface area (Å²) < 4.78 is 6.52. The second kappa shape index (κ2) is 4.76. The van der Waals surface area contributed by atoms with Crippen molar-refractivity contribution in [1.82, 2.24) is 30.5 Å². The maximum absolute atomic E-state index is 11.7. The molecular formula is C10H13N7O2. The normalized spacial score (nSPS) is 14.6. The lowest BCUT2D eigenvalue weighted by atomic mass is 10.5. The highest BCUT2D eigenvalue weighted by molar-refractivity contribution is 5.90. The number of nitrogens with zero attached hydrogens (tertiary/aromatic N) is 5. The van der Waals surface area contributed by atoms with E-state index in [-0.39, 0.29) is 24.3 Å². The first-order chi connectivity index (χ1) is 9.24. The van der Waals surface area contributed by atoms with E-state index in [1.165, 1.54) is 4.68 Å². The molecule has 2 heterocycles. The van der Waals surface area contributed by atoms with E-state index in [4.69, 9.17) is 10.3 Å². The van der Waals surface area contributed by atoms with Crippen LogP contribution in [0, 0.1) is 0 Å². The van der Waals surface area contributed by atoms with Crippen LogP contribution in [0.3, 0.4) is 0 Å². The van der Waals surface area contributed by atoms with Crippen molar-refractivity contribution in [2.24, 2.45) is 5.73 Å². The summed E-state index contributed by atoms with van der Waals surface area (Å²) in [5, 5.41) is 14.1. The van der Waals surface area contributed by atoms with Gasteiger partial charge in [0.1, 0.15) is 6.54 Å². The Morgan fingerprint density at radius 1 is 1.58 bits per heavy atom. The zero-order valence-electron chi connectivity index (χ0n) is 10.1. The summed E-state index contributed by atoms with van der Waals surface area (Å²) in [6.07, 6.45) is 3.71. The molecule has 9 heteroatoms. The van der Waals surface area contributed by atoms with E-state index >= 15 is 0 Å². The van der Waals surface area contributed by atoms with Gasteiger partial charge in [0.15, 0.2) is 0 Å². The molecule has 19 heavy (non-hydrogen) atoms. The Labute approximate surface area is 108 Å². The monoisotopic (exact) mass is 263 g/mol. The Morgan fingerprint density at radius 3 is 3.11 bits per heavy atom. The van der Waals surface area contributed by atoms with Gasteiger partial charge in [0, 0.05) is 12.6 Å². The van der Waals surface area contributed by atoms with Crippen LogP contribution in [0.25, 0.3) is 0 Å². The van der Waals surface area contributed by atoms with Crippen molar-refractivity contribution < 1.29 is 9.32 Å². The van der Waals surface area contributed by atoms with Crippen molar-refractivity contribution in [2.45, 2.75) is 32.0 Å². The van der Waals surface area contributed by atoms with Crippen molar-refractivity contribution in [2.75, 3.05) is 0 Å². The standard InChI is InChI=1S/C10H13N7O2/c11-3-7-4-17(16-14-7)5-8-13-9(15-19-8)10(18)12-6-1-2-6/h4,6H,1-3,5,11H2,(H,12,18). The number of nitrogens with one attached hydrogen (secondary N) is 1. The quantitative estimate of drug-likeness (QED) is 0.713. The molecule has 0 saturated heterocycles. The second-order valence-corrected chi connectivity index (χ2v) is 4.37. The number of rotatable bonds is 5. The number of hydrogen-bond acceptors (Lipinski definition) is 7. The molecule has 1 saturated carbocycles. The largest absolute Gasteiger partial charge is 0.346 e. The lowest BCUT2D eigenvalue weighted by Crippen LogP contribution is -2.26. The molecule has 1 aliphatic rings. The van der Waals surface area contributed by atoms with Gasteiger partial charge in [0.05, 0.1) is 11.9 Å². The van der Waals surface area contributed by atoms with E-state index in [9.17, 15) is 4.79 Å². The minimum Gasteiger partial charge on any atom is -0.346 e. The summed E-state index contributed by atoms with van der Waals surface area (Å²) in [6, 6.07) is 0.261. The highest BCUT2D eigenvalue weighted by Gasteiger charge is 2.26. The molecule has 9 nitrogen and oxygen atoms in total. The van der Waals surface area contributed by atoms with Crippen molar-refractivity contribution in [3.8, 4) is 0 Å². The van der Waals surface area contributed by atoms with Crippen molar-refractivity contribution >= 4 is 5.91 Å². The van der Waals surface area contributed by atoms with Crippen LogP contribution in [-0.4, -0.2) is 37.1 Å². The van der Waals surface area contributed by atoms with Crippen LogP contribution in [0.4, 0.5) is 0 Å². The summed E-state index contributed by atoms with van der Waals surface area (Å²) in [5.74, 6) is 0.0363. The topological polar surface area (TPSA) is 125 Å². The average molecular weight is 263 g/mol. The highest BCUT2D eigenvalue weighted by Crippen LogP contribution is 2.18. The van der Waals surface area contributed by atoms with Gasteiger partial charge in [-0.2, -0.15) is 4.98 Å². The number of carbonyl (C=O) groups excluding carboxylic acids is 1. The van der Waals surface area contributed by atoms with Crippen LogP contribution in [0.1, 0.15) is 35.0 Å². The van der Waals surface area contributed by atoms with E-state index in [1.54, 1.807) is 6.20 Å². The lowest BCUT2D eigenvalue weighted by molar-refractivity contribution is 0.0937. The van der Waals surface area contributed by atoms with Gasteiger partial charge in [-0.05, 0) is 12.8 Å². The summed E-state index contributed by atoms with van der Waals surface area (Å²) in [5.41, 5.74) is 6.10. The third kappa shape index (κ3) is 2.76. The molecule has 0 atom stereocenters. The molecule has 100 valence electrons. The van der Waals surface area contributed by atoms with Crippen molar-refractivity contribution in [3.05, 3.63) is 23.6 Å². The van der Waals surface area contributed by atoms with Gasteiger partial charge >= 0.3 is 0 Å². The molecule has 1 fully saturated rings. The SMILES string of the molecule is NCc1cn(Cc2nc(C(=O)NC3CC3)no2)nn1. The molecule has 0 bridgehead atoms. The zero-order chi connectivity index (χ0) is 13.2. The number of hydrogen-bond donors (Lipinski definition) is 2. The van der Waals surface area contributed by atoms with Crippen LogP contribution in [-0.2, 0) is 13.1 Å². The van der Waals surface area contributed by atoms with E-state index < -0.39 is 0 Å². The first kappa shape index (κ1) is 11.8. The summed E-state index contributed by atoms with van der Waals surface area (Å²) in [7, 11) is 0. The average Bonchev–Trinajstić information content (AvgIpc) is 2.94. The molecule has 0 unspecified atom stereocenters. The van der Waals surface area contributed by atoms with E-state index in [1.807, 2.05) is 0 Å². The van der Waals surface area contributed by atoms with Crippen molar-refractivity contribution in [3.63, 3.8) is 0 Å². The van der Waals surface area contributed by atoms with Crippen LogP contribution >= 0.6 is 0 Å². The fourth-order valence-corrected chi connectivity index (χ4v) is 1.54. The van der Waals surface area contributed by atoms with Gasteiger partial charge < -0.3 is 15.6 Å². The van der Waals surface area contributed by atoms with Crippen LogP contribution in [0.15, 0.2) is 10.7 Å². The zero-order valence-corrected chi connectivity index (χ0v) is 10.1. The van der Waals surface area contributed by atoms with Crippen molar-refractivity contribution in [1.29, 1.82) is 0 Å². The third-order valence-electron chi connectivity index (χ3n) is 2.68. The Bertz CT molecular complexity index is 586. The Kier molecular flexibility index (Phi) is 2.95. The predicted octanol–water partition coefficient (Wildman–Crippen LogP) is -0.940. The molecule has 1 amide bonds. The predicted molar refractivity (Wildman–Crippen MR) is 61.8 cm³/mol.